The molecular formula is C9H8Cl2N2O. The highest BCUT2D eigenvalue weighted by atomic mass is 35.5. The molecule has 0 aromatic heterocycles. The number of hydrogen-bond donors (Lipinski definition) is 1. The van der Waals surface area contributed by atoms with Crippen LogP contribution < -0.4 is 5.32 Å². The van der Waals surface area contributed by atoms with Crippen molar-refractivity contribution in [3.63, 3.8) is 0 Å². The highest BCUT2D eigenvalue weighted by Gasteiger charge is 2.13. The zero-order valence-corrected chi connectivity index (χ0v) is 8.99. The molecule has 1 aromatic carbocycles. The van der Waals surface area contributed by atoms with Crippen LogP contribution in [0.2, 0.25) is 10.0 Å². The van der Waals surface area contributed by atoms with Gasteiger partial charge in [0.25, 0.3) is 0 Å². The quantitative estimate of drug-likeness (QED) is 0.744. The van der Waals surface area contributed by atoms with E-state index in [0.717, 1.165) is 11.4 Å². The van der Waals surface area contributed by atoms with E-state index in [4.69, 9.17) is 27.9 Å². The number of fused-ring (bicyclic) bond motifs is 1. The number of rotatable bonds is 0. The van der Waals surface area contributed by atoms with Gasteiger partial charge in [0.1, 0.15) is 0 Å². The highest BCUT2D eigenvalue weighted by molar-refractivity contribution is 6.42. The van der Waals surface area contributed by atoms with E-state index in [1.807, 2.05) is 0 Å². The predicted molar refractivity (Wildman–Crippen MR) is 59.1 cm³/mol. The summed E-state index contributed by atoms with van der Waals surface area (Å²) in [7, 11) is 1.59. The molecule has 0 radical (unpaired) electrons. The fourth-order valence-corrected chi connectivity index (χ4v) is 1.55. The number of nitrogens with zero attached hydrogens (tertiary/aromatic N) is 1. The summed E-state index contributed by atoms with van der Waals surface area (Å²) in [4.78, 5) is 4.25. The maximum atomic E-state index is 5.87. The normalized spacial score (nSPS) is 14.1. The summed E-state index contributed by atoms with van der Waals surface area (Å²) in [5.74, 6) is 0.635. The molecule has 3 nitrogen and oxygen atoms in total. The molecule has 0 unspecified atom stereocenters. The smallest absolute Gasteiger partial charge is 0.208 e. The third-order valence-electron chi connectivity index (χ3n) is 1.95. The van der Waals surface area contributed by atoms with Gasteiger partial charge in [-0.1, -0.05) is 23.2 Å². The molecule has 1 aliphatic heterocycles. The lowest BCUT2D eigenvalue weighted by molar-refractivity contribution is 0.397. The SMILES string of the molecule is COC1=Nc2cc(Cl)c(Cl)cc2NC1. The molecule has 14 heavy (non-hydrogen) atoms. The molecular weight excluding hydrogens is 223 g/mol. The summed E-state index contributed by atoms with van der Waals surface area (Å²) in [6.07, 6.45) is 0. The number of benzene rings is 1. The van der Waals surface area contributed by atoms with Crippen molar-refractivity contribution < 1.29 is 4.74 Å². The standard InChI is InChI=1S/C9H8Cl2N2O/c1-14-9-4-12-7-2-5(10)6(11)3-8(7)13-9/h2-3,12H,4H2,1H3. The first-order valence-corrected chi connectivity index (χ1v) is 4.81. The maximum absolute atomic E-state index is 5.87. The second kappa shape index (κ2) is 3.67. The summed E-state index contributed by atoms with van der Waals surface area (Å²) in [6, 6.07) is 3.47. The molecule has 0 aliphatic carbocycles. The zero-order chi connectivity index (χ0) is 10.1. The van der Waals surface area contributed by atoms with Gasteiger partial charge in [-0.15, -0.1) is 0 Å². The Bertz CT molecular complexity index is 404. The third-order valence-corrected chi connectivity index (χ3v) is 2.67. The minimum atomic E-state index is 0.494. The number of methoxy groups -OCH3 is 1. The van der Waals surface area contributed by atoms with E-state index >= 15 is 0 Å². The van der Waals surface area contributed by atoms with E-state index in [0.29, 0.717) is 22.5 Å². The van der Waals surface area contributed by atoms with Crippen LogP contribution in [0.5, 0.6) is 0 Å². The lowest BCUT2D eigenvalue weighted by Gasteiger charge is -2.17. The number of aliphatic imine (C=N–C) groups is 1. The first-order valence-electron chi connectivity index (χ1n) is 4.05. The van der Waals surface area contributed by atoms with Crippen LogP contribution in [0.4, 0.5) is 11.4 Å². The second-order valence-corrected chi connectivity index (χ2v) is 3.66. The van der Waals surface area contributed by atoms with E-state index in [1.165, 1.54) is 0 Å². The van der Waals surface area contributed by atoms with Crippen molar-refractivity contribution in [1.29, 1.82) is 0 Å². The number of hydrogen-bond acceptors (Lipinski definition) is 3. The average molecular weight is 231 g/mol. The van der Waals surface area contributed by atoms with Crippen LogP contribution in [0.1, 0.15) is 0 Å². The maximum Gasteiger partial charge on any atom is 0.208 e. The van der Waals surface area contributed by atoms with Gasteiger partial charge in [-0.25, -0.2) is 4.99 Å². The van der Waals surface area contributed by atoms with Gasteiger partial charge in [-0.3, -0.25) is 0 Å². The second-order valence-electron chi connectivity index (χ2n) is 2.85. The Morgan fingerprint density at radius 3 is 2.79 bits per heavy atom. The minimum Gasteiger partial charge on any atom is -0.483 e. The summed E-state index contributed by atoms with van der Waals surface area (Å²) < 4.78 is 5.03. The van der Waals surface area contributed by atoms with Crippen molar-refractivity contribution in [2.45, 2.75) is 0 Å². The Morgan fingerprint density at radius 2 is 2.07 bits per heavy atom. The van der Waals surface area contributed by atoms with Gasteiger partial charge in [0.2, 0.25) is 5.90 Å². The lowest BCUT2D eigenvalue weighted by atomic mass is 10.2. The Morgan fingerprint density at radius 1 is 1.36 bits per heavy atom. The fourth-order valence-electron chi connectivity index (χ4n) is 1.23. The first-order chi connectivity index (χ1) is 6.70. The van der Waals surface area contributed by atoms with E-state index < -0.39 is 0 Å². The van der Waals surface area contributed by atoms with Crippen LogP contribution in [0.15, 0.2) is 17.1 Å². The van der Waals surface area contributed by atoms with Gasteiger partial charge < -0.3 is 10.1 Å². The topological polar surface area (TPSA) is 33.6 Å². The van der Waals surface area contributed by atoms with Crippen LogP contribution in [-0.2, 0) is 4.74 Å². The first kappa shape index (κ1) is 9.62. The molecule has 5 heteroatoms. The molecule has 0 saturated carbocycles. The van der Waals surface area contributed by atoms with Gasteiger partial charge in [-0.2, -0.15) is 0 Å². The van der Waals surface area contributed by atoms with Crippen molar-refractivity contribution in [2.24, 2.45) is 4.99 Å². The largest absolute Gasteiger partial charge is 0.483 e. The van der Waals surface area contributed by atoms with Gasteiger partial charge >= 0.3 is 0 Å². The van der Waals surface area contributed by atoms with Gasteiger partial charge in [0.05, 0.1) is 35.1 Å². The summed E-state index contributed by atoms with van der Waals surface area (Å²) in [6.45, 7) is 0.571. The molecule has 1 N–H and O–H groups in total. The Balaban J connectivity index is 2.48. The van der Waals surface area contributed by atoms with Crippen molar-refractivity contribution in [3.8, 4) is 0 Å². The molecule has 1 heterocycles. The lowest BCUT2D eigenvalue weighted by Crippen LogP contribution is -2.18. The molecule has 0 spiro atoms. The van der Waals surface area contributed by atoms with Crippen molar-refractivity contribution in [1.82, 2.24) is 0 Å². The van der Waals surface area contributed by atoms with E-state index in [9.17, 15) is 0 Å². The molecule has 74 valence electrons. The Labute approximate surface area is 91.7 Å². The number of anilines is 1. The molecule has 1 aromatic rings. The van der Waals surface area contributed by atoms with Crippen LogP contribution in [0.3, 0.4) is 0 Å². The Kier molecular flexibility index (Phi) is 2.52. The molecule has 0 fully saturated rings. The van der Waals surface area contributed by atoms with Gasteiger partial charge in [0.15, 0.2) is 0 Å². The summed E-state index contributed by atoms with van der Waals surface area (Å²) >= 11 is 11.7. The number of nitrogens with one attached hydrogen (secondary N) is 1. The molecule has 0 amide bonds. The summed E-state index contributed by atoms with van der Waals surface area (Å²) in [5, 5.41) is 4.15. The van der Waals surface area contributed by atoms with Crippen LogP contribution in [0.25, 0.3) is 0 Å². The molecule has 0 bridgehead atoms. The fraction of sp³-hybridized carbons (Fsp3) is 0.222. The highest BCUT2D eigenvalue weighted by Crippen LogP contribution is 2.35. The van der Waals surface area contributed by atoms with Crippen LogP contribution >= 0.6 is 23.2 Å². The third kappa shape index (κ3) is 1.65. The zero-order valence-electron chi connectivity index (χ0n) is 7.47. The van der Waals surface area contributed by atoms with Crippen molar-refractivity contribution in [2.75, 3.05) is 19.0 Å². The van der Waals surface area contributed by atoms with Crippen LogP contribution in [0, 0.1) is 0 Å². The molecule has 1 aliphatic rings. The number of ether oxygens (including phenoxy) is 1. The van der Waals surface area contributed by atoms with Crippen molar-refractivity contribution in [3.05, 3.63) is 22.2 Å². The summed E-state index contributed by atoms with van der Waals surface area (Å²) in [5.41, 5.74) is 1.63. The van der Waals surface area contributed by atoms with Gasteiger partial charge in [0, 0.05) is 0 Å². The van der Waals surface area contributed by atoms with E-state index in [-0.39, 0.29) is 0 Å². The monoisotopic (exact) mass is 230 g/mol. The van der Waals surface area contributed by atoms with Crippen molar-refractivity contribution >= 4 is 40.5 Å². The van der Waals surface area contributed by atoms with E-state index in [2.05, 4.69) is 10.3 Å². The molecule has 0 atom stereocenters. The molecule has 0 saturated heterocycles. The average Bonchev–Trinajstić information content (AvgIpc) is 2.19. The predicted octanol–water partition coefficient (Wildman–Crippen LogP) is 3.10. The van der Waals surface area contributed by atoms with E-state index in [1.54, 1.807) is 19.2 Å². The molecule has 2 rings (SSSR count). The minimum absolute atomic E-state index is 0.494. The van der Waals surface area contributed by atoms with Crippen LogP contribution in [-0.4, -0.2) is 19.6 Å². The Hall–Kier alpha value is -0.930. The number of halogens is 2. The van der Waals surface area contributed by atoms with Gasteiger partial charge in [-0.05, 0) is 12.1 Å².